The Labute approximate surface area is 316 Å². The number of halogens is 1. The molecule has 0 aliphatic carbocycles. The van der Waals surface area contributed by atoms with Gasteiger partial charge in [0.15, 0.2) is 0 Å². The van der Waals surface area contributed by atoms with Crippen LogP contribution in [0.25, 0.3) is 33.4 Å². The first kappa shape index (κ1) is 41.5. The molecule has 0 atom stereocenters. The molecule has 0 fully saturated rings. The lowest BCUT2D eigenvalue weighted by Crippen LogP contribution is -2.32. The zero-order valence-corrected chi connectivity index (χ0v) is 32.3. The number of unbranched alkanes of at least 4 members (excludes halogenated alkanes) is 3. The molecule has 4 rings (SSSR count). The summed E-state index contributed by atoms with van der Waals surface area (Å²) in [5, 5.41) is 20.2. The van der Waals surface area contributed by atoms with Crippen LogP contribution in [-0.2, 0) is 28.8 Å². The number of aliphatic hydroxyl groups is 2. The lowest BCUT2D eigenvalue weighted by Gasteiger charge is -2.30. The van der Waals surface area contributed by atoms with E-state index in [-0.39, 0.29) is 25.6 Å². The maximum absolute atomic E-state index is 15.7. The molecular formula is C47H59FO5. The number of esters is 1. The summed E-state index contributed by atoms with van der Waals surface area (Å²) in [6.45, 7) is 12.1. The fourth-order valence-electron chi connectivity index (χ4n) is 6.76. The zero-order valence-electron chi connectivity index (χ0n) is 32.3. The van der Waals surface area contributed by atoms with E-state index in [4.69, 9.17) is 9.47 Å². The second-order valence-corrected chi connectivity index (χ2v) is 14.4. The molecule has 0 radical (unpaired) electrons. The van der Waals surface area contributed by atoms with E-state index in [2.05, 4.69) is 69.8 Å². The average molecular weight is 723 g/mol. The third kappa shape index (κ3) is 11.6. The van der Waals surface area contributed by atoms with E-state index >= 15 is 4.39 Å². The van der Waals surface area contributed by atoms with Crippen LogP contribution in [-0.4, -0.2) is 42.6 Å². The van der Waals surface area contributed by atoms with Crippen LogP contribution in [0.2, 0.25) is 0 Å². The molecule has 6 heteroatoms. The summed E-state index contributed by atoms with van der Waals surface area (Å²) < 4.78 is 27.4. The van der Waals surface area contributed by atoms with Gasteiger partial charge in [-0.15, -0.1) is 0 Å². The van der Waals surface area contributed by atoms with Gasteiger partial charge in [-0.05, 0) is 115 Å². The van der Waals surface area contributed by atoms with Gasteiger partial charge in [-0.25, -0.2) is 9.18 Å². The van der Waals surface area contributed by atoms with Crippen LogP contribution < -0.4 is 4.74 Å². The first-order chi connectivity index (χ1) is 25.7. The first-order valence-corrected chi connectivity index (χ1v) is 19.5. The van der Waals surface area contributed by atoms with Crippen LogP contribution in [0.15, 0.2) is 91.0 Å². The Bertz CT molecular complexity index is 1770. The number of hydrogen-bond acceptors (Lipinski definition) is 5. The van der Waals surface area contributed by atoms with E-state index in [0.29, 0.717) is 37.0 Å². The number of hydrogen-bond donors (Lipinski definition) is 2. The highest BCUT2D eigenvalue weighted by molar-refractivity contribution is 5.86. The molecule has 0 amide bonds. The van der Waals surface area contributed by atoms with Crippen molar-refractivity contribution in [1.29, 1.82) is 0 Å². The fraction of sp³-hybridized carbons (Fsp3) is 0.426. The van der Waals surface area contributed by atoms with Gasteiger partial charge in [-0.1, -0.05) is 114 Å². The van der Waals surface area contributed by atoms with Gasteiger partial charge in [0, 0.05) is 16.6 Å². The lowest BCUT2D eigenvalue weighted by molar-refractivity contribution is -0.139. The van der Waals surface area contributed by atoms with Gasteiger partial charge in [0.05, 0.1) is 26.4 Å². The normalized spacial score (nSPS) is 11.5. The Morgan fingerprint density at radius 3 is 2.00 bits per heavy atom. The second kappa shape index (κ2) is 20.8. The van der Waals surface area contributed by atoms with Crippen molar-refractivity contribution in [2.45, 2.75) is 98.3 Å². The van der Waals surface area contributed by atoms with E-state index < -0.39 is 11.4 Å². The Morgan fingerprint density at radius 1 is 0.698 bits per heavy atom. The minimum Gasteiger partial charge on any atom is -0.493 e. The van der Waals surface area contributed by atoms with E-state index in [1.54, 1.807) is 13.0 Å². The predicted octanol–water partition coefficient (Wildman–Crippen LogP) is 11.1. The monoisotopic (exact) mass is 722 g/mol. The SMILES string of the molecule is C=C(C)C(=O)OCCCc1cc(-c2ccc(-c3ccc(-c4ccc(CCCCC)cc4)cc3F)cc2CC)ccc1OCCC(CO)(CO)CCCC. The highest BCUT2D eigenvalue weighted by Crippen LogP contribution is 2.35. The summed E-state index contributed by atoms with van der Waals surface area (Å²) in [5.74, 6) is 0.0713. The van der Waals surface area contributed by atoms with Gasteiger partial charge in [-0.3, -0.25) is 0 Å². The van der Waals surface area contributed by atoms with Gasteiger partial charge in [-0.2, -0.15) is 0 Å². The van der Waals surface area contributed by atoms with Crippen molar-refractivity contribution in [3.8, 4) is 39.1 Å². The topological polar surface area (TPSA) is 76.0 Å². The number of aryl methyl sites for hydroxylation is 3. The molecule has 0 bridgehead atoms. The minimum atomic E-state index is -0.580. The molecule has 0 heterocycles. The summed E-state index contributed by atoms with van der Waals surface area (Å²) in [4.78, 5) is 12.0. The van der Waals surface area contributed by atoms with Gasteiger partial charge >= 0.3 is 5.97 Å². The van der Waals surface area contributed by atoms with E-state index in [0.717, 1.165) is 76.8 Å². The van der Waals surface area contributed by atoms with Crippen molar-refractivity contribution in [3.63, 3.8) is 0 Å². The number of carbonyl (C=O) groups excluding carboxylic acids is 1. The molecule has 0 saturated heterocycles. The molecule has 4 aromatic rings. The molecule has 0 aliphatic rings. The van der Waals surface area contributed by atoms with E-state index in [1.807, 2.05) is 30.3 Å². The van der Waals surface area contributed by atoms with Crippen molar-refractivity contribution in [3.05, 3.63) is 114 Å². The van der Waals surface area contributed by atoms with Gasteiger partial charge < -0.3 is 19.7 Å². The molecule has 4 aromatic carbocycles. The molecule has 5 nitrogen and oxygen atoms in total. The molecule has 53 heavy (non-hydrogen) atoms. The third-order valence-electron chi connectivity index (χ3n) is 10.3. The summed E-state index contributed by atoms with van der Waals surface area (Å²) in [7, 11) is 0. The number of aliphatic hydroxyl groups excluding tert-OH is 2. The average Bonchev–Trinajstić information content (AvgIpc) is 3.18. The first-order valence-electron chi connectivity index (χ1n) is 19.5. The van der Waals surface area contributed by atoms with Crippen LogP contribution >= 0.6 is 0 Å². The number of ether oxygens (including phenoxy) is 2. The van der Waals surface area contributed by atoms with Crippen molar-refractivity contribution < 1.29 is 28.9 Å². The smallest absolute Gasteiger partial charge is 0.333 e. The molecule has 0 aromatic heterocycles. The third-order valence-corrected chi connectivity index (χ3v) is 10.3. The second-order valence-electron chi connectivity index (χ2n) is 14.4. The van der Waals surface area contributed by atoms with Crippen LogP contribution in [0.1, 0.15) is 95.8 Å². The highest BCUT2D eigenvalue weighted by atomic mass is 19.1. The van der Waals surface area contributed by atoms with E-state index in [1.165, 1.54) is 24.8 Å². The van der Waals surface area contributed by atoms with Crippen LogP contribution in [0.4, 0.5) is 4.39 Å². The van der Waals surface area contributed by atoms with Crippen molar-refractivity contribution >= 4 is 5.97 Å². The lowest BCUT2D eigenvalue weighted by atomic mass is 9.81. The molecule has 284 valence electrons. The Morgan fingerprint density at radius 2 is 1.34 bits per heavy atom. The molecule has 0 aliphatic heterocycles. The van der Waals surface area contributed by atoms with Crippen LogP contribution in [0, 0.1) is 11.2 Å². The van der Waals surface area contributed by atoms with Crippen molar-refractivity contribution in [2.75, 3.05) is 26.4 Å². The fourth-order valence-corrected chi connectivity index (χ4v) is 6.76. The molecule has 0 unspecified atom stereocenters. The maximum Gasteiger partial charge on any atom is 0.333 e. The number of benzene rings is 4. The molecule has 0 spiro atoms. The molecule has 2 N–H and O–H groups in total. The summed E-state index contributed by atoms with van der Waals surface area (Å²) in [5.41, 5.74) is 8.54. The standard InChI is InChI=1S/C47H59FO5/c1-6-9-11-13-35-15-17-37(18-16-35)38-19-23-43(44(48)31-38)40-20-22-42(36(8-3)29-40)39-21-24-45(41(30-39)14-12-27-53-46(51)34(4)5)52-28-26-47(32-49,33-50)25-10-7-2/h15-24,29-31,49-50H,4,6-14,25-28,32-33H2,1-3,5H3. The van der Waals surface area contributed by atoms with Gasteiger partial charge in [0.25, 0.3) is 0 Å². The van der Waals surface area contributed by atoms with Crippen molar-refractivity contribution in [2.24, 2.45) is 5.41 Å². The van der Waals surface area contributed by atoms with Gasteiger partial charge in [0.2, 0.25) is 0 Å². The van der Waals surface area contributed by atoms with Crippen LogP contribution in [0.3, 0.4) is 0 Å². The predicted molar refractivity (Wildman–Crippen MR) is 216 cm³/mol. The molecular weight excluding hydrogens is 664 g/mol. The van der Waals surface area contributed by atoms with Gasteiger partial charge in [0.1, 0.15) is 11.6 Å². The van der Waals surface area contributed by atoms with Crippen LogP contribution in [0.5, 0.6) is 5.75 Å². The van der Waals surface area contributed by atoms with Crippen molar-refractivity contribution in [1.82, 2.24) is 0 Å². The largest absolute Gasteiger partial charge is 0.493 e. The summed E-state index contributed by atoms with van der Waals surface area (Å²) in [6.07, 6.45) is 9.84. The Kier molecular flexibility index (Phi) is 16.3. The quantitative estimate of drug-likeness (QED) is 0.0480. The number of carbonyl (C=O) groups is 1. The highest BCUT2D eigenvalue weighted by Gasteiger charge is 2.28. The Balaban J connectivity index is 1.56. The summed E-state index contributed by atoms with van der Waals surface area (Å²) >= 11 is 0. The van der Waals surface area contributed by atoms with E-state index in [9.17, 15) is 15.0 Å². The Hall–Kier alpha value is -4.26. The summed E-state index contributed by atoms with van der Waals surface area (Å²) in [6, 6.07) is 26.3. The maximum atomic E-state index is 15.7. The number of rotatable bonds is 22. The molecule has 0 saturated carbocycles. The minimum absolute atomic E-state index is 0.0936. The zero-order chi connectivity index (χ0) is 38.2.